The van der Waals surface area contributed by atoms with Crippen molar-refractivity contribution in [1.82, 2.24) is 0 Å². The van der Waals surface area contributed by atoms with E-state index in [1.165, 1.54) is 0 Å². The van der Waals surface area contributed by atoms with Crippen molar-refractivity contribution in [2.75, 3.05) is 5.73 Å². The summed E-state index contributed by atoms with van der Waals surface area (Å²) in [5.41, 5.74) is 8.58. The Kier molecular flexibility index (Phi) is 3.41. The van der Waals surface area contributed by atoms with Crippen LogP contribution in [0, 0.1) is 6.92 Å². The van der Waals surface area contributed by atoms with Gasteiger partial charge < -0.3 is 5.73 Å². The largest absolute Gasteiger partial charge is 0.399 e. The molecule has 2 nitrogen and oxygen atoms in total. The summed E-state index contributed by atoms with van der Waals surface area (Å²) in [6, 6.07) is 7.56. The Morgan fingerprint density at radius 2 is 2.19 bits per heavy atom. The fraction of sp³-hybridized carbons (Fsp3) is 0.167. The fourth-order valence-electron chi connectivity index (χ4n) is 1.40. The van der Waals surface area contributed by atoms with Crippen LogP contribution in [0.5, 0.6) is 0 Å². The van der Waals surface area contributed by atoms with Crippen LogP contribution in [0.3, 0.4) is 0 Å². The molecule has 2 rings (SSSR count). The molecule has 2 N–H and O–H groups in total. The second kappa shape index (κ2) is 4.80. The molecule has 0 bridgehead atoms. The number of hydrogen-bond acceptors (Lipinski definition) is 3. The number of aryl methyl sites for hydroxylation is 1. The molecule has 1 aromatic carbocycles. The minimum atomic E-state index is -0.980. The lowest BCUT2D eigenvalue weighted by Gasteiger charge is -2.04. The van der Waals surface area contributed by atoms with E-state index in [9.17, 15) is 4.21 Å². The predicted molar refractivity (Wildman–Crippen MR) is 70.0 cm³/mol. The number of nitrogens with two attached hydrogens (primary N) is 1. The maximum absolute atomic E-state index is 12.1. The Balaban J connectivity index is 2.18. The minimum Gasteiger partial charge on any atom is -0.399 e. The van der Waals surface area contributed by atoms with E-state index in [0.717, 1.165) is 21.7 Å². The highest BCUT2D eigenvalue weighted by Crippen LogP contribution is 2.18. The highest BCUT2D eigenvalue weighted by molar-refractivity contribution is 7.84. The molecule has 1 heterocycles. The molecule has 0 aliphatic heterocycles. The van der Waals surface area contributed by atoms with Crippen LogP contribution in [0.25, 0.3) is 0 Å². The second-order valence-electron chi connectivity index (χ2n) is 3.64. The van der Waals surface area contributed by atoms with E-state index < -0.39 is 10.8 Å². The first kappa shape index (κ1) is 11.4. The van der Waals surface area contributed by atoms with Crippen molar-refractivity contribution in [1.29, 1.82) is 0 Å². The molecule has 0 spiro atoms. The number of anilines is 1. The first-order chi connectivity index (χ1) is 7.66. The van der Waals surface area contributed by atoms with E-state index in [4.69, 9.17) is 5.73 Å². The van der Waals surface area contributed by atoms with E-state index in [1.54, 1.807) is 11.3 Å². The molecule has 84 valence electrons. The van der Waals surface area contributed by atoms with Crippen molar-refractivity contribution in [2.45, 2.75) is 17.6 Å². The summed E-state index contributed by atoms with van der Waals surface area (Å²) in [5, 5.41) is 4.03. The average molecular weight is 251 g/mol. The maximum atomic E-state index is 12.1. The Bertz CT molecular complexity index is 506. The van der Waals surface area contributed by atoms with E-state index in [2.05, 4.69) is 0 Å². The first-order valence-corrected chi connectivity index (χ1v) is 7.18. The van der Waals surface area contributed by atoms with Gasteiger partial charge in [-0.05, 0) is 53.1 Å². The summed E-state index contributed by atoms with van der Waals surface area (Å²) in [4.78, 5) is 0.845. The molecule has 0 aliphatic rings. The van der Waals surface area contributed by atoms with Gasteiger partial charge in [0.2, 0.25) is 0 Å². The van der Waals surface area contributed by atoms with Gasteiger partial charge >= 0.3 is 0 Å². The number of hydrogen-bond donors (Lipinski definition) is 1. The Labute approximate surface area is 102 Å². The zero-order chi connectivity index (χ0) is 11.5. The maximum Gasteiger partial charge on any atom is 0.0574 e. The highest BCUT2D eigenvalue weighted by Gasteiger charge is 2.06. The van der Waals surface area contributed by atoms with Gasteiger partial charge in [0.05, 0.1) is 16.6 Å². The second-order valence-corrected chi connectivity index (χ2v) is 5.87. The molecular formula is C12H13NOS2. The van der Waals surface area contributed by atoms with Gasteiger partial charge in [0.15, 0.2) is 0 Å². The quantitative estimate of drug-likeness (QED) is 0.852. The van der Waals surface area contributed by atoms with Crippen LogP contribution in [0.15, 0.2) is 39.9 Å². The van der Waals surface area contributed by atoms with Gasteiger partial charge in [0, 0.05) is 10.6 Å². The fourth-order valence-corrected chi connectivity index (χ4v) is 3.35. The summed E-state index contributed by atoms with van der Waals surface area (Å²) >= 11 is 1.63. The zero-order valence-electron chi connectivity index (χ0n) is 8.97. The normalized spacial score (nSPS) is 12.6. The van der Waals surface area contributed by atoms with Crippen molar-refractivity contribution in [3.63, 3.8) is 0 Å². The van der Waals surface area contributed by atoms with Crippen LogP contribution in [-0.2, 0) is 16.6 Å². The van der Waals surface area contributed by atoms with Crippen LogP contribution >= 0.6 is 11.3 Å². The molecule has 16 heavy (non-hydrogen) atoms. The standard InChI is InChI=1S/C12H13NOS2/c1-9-6-11(2-3-12(9)13)16(14)8-10-4-5-15-7-10/h2-7H,8,13H2,1H3. The average Bonchev–Trinajstić information content (AvgIpc) is 2.74. The predicted octanol–water partition coefficient (Wildman–Crippen LogP) is 2.95. The SMILES string of the molecule is Cc1cc(S(=O)Cc2ccsc2)ccc1N. The van der Waals surface area contributed by atoms with Crippen LogP contribution in [0.4, 0.5) is 5.69 Å². The first-order valence-electron chi connectivity index (χ1n) is 4.92. The molecule has 0 fully saturated rings. The summed E-state index contributed by atoms with van der Waals surface area (Å²) in [5.74, 6) is 0.576. The van der Waals surface area contributed by atoms with Crippen molar-refractivity contribution in [3.8, 4) is 0 Å². The molecule has 0 saturated carbocycles. The highest BCUT2D eigenvalue weighted by atomic mass is 32.2. The molecule has 0 amide bonds. The number of rotatable bonds is 3. The topological polar surface area (TPSA) is 43.1 Å². The van der Waals surface area contributed by atoms with Crippen LogP contribution in [-0.4, -0.2) is 4.21 Å². The van der Waals surface area contributed by atoms with Gasteiger partial charge in [-0.2, -0.15) is 11.3 Å². The Morgan fingerprint density at radius 3 is 2.81 bits per heavy atom. The van der Waals surface area contributed by atoms with Crippen molar-refractivity contribution in [3.05, 3.63) is 46.2 Å². The third kappa shape index (κ3) is 2.51. The zero-order valence-corrected chi connectivity index (χ0v) is 10.6. The summed E-state index contributed by atoms with van der Waals surface area (Å²) < 4.78 is 12.1. The van der Waals surface area contributed by atoms with Crippen LogP contribution in [0.2, 0.25) is 0 Å². The number of benzene rings is 1. The molecule has 0 aliphatic carbocycles. The monoisotopic (exact) mass is 251 g/mol. The molecule has 2 aromatic rings. The minimum absolute atomic E-state index is 0.576. The van der Waals surface area contributed by atoms with Gasteiger partial charge in [0.25, 0.3) is 0 Å². The molecule has 4 heteroatoms. The molecule has 0 radical (unpaired) electrons. The van der Waals surface area contributed by atoms with E-state index in [1.807, 2.05) is 41.9 Å². The van der Waals surface area contributed by atoms with Gasteiger partial charge in [-0.25, -0.2) is 0 Å². The van der Waals surface area contributed by atoms with Gasteiger partial charge in [-0.15, -0.1) is 0 Å². The lowest BCUT2D eigenvalue weighted by atomic mass is 10.2. The van der Waals surface area contributed by atoms with E-state index in [-0.39, 0.29) is 0 Å². The third-order valence-electron chi connectivity index (χ3n) is 2.38. The van der Waals surface area contributed by atoms with Gasteiger partial charge in [-0.1, -0.05) is 0 Å². The molecule has 0 saturated heterocycles. The smallest absolute Gasteiger partial charge is 0.0574 e. The number of nitrogen functional groups attached to an aromatic ring is 1. The summed E-state index contributed by atoms with van der Waals surface area (Å²) in [7, 11) is -0.980. The Hall–Kier alpha value is -1.13. The van der Waals surface area contributed by atoms with Crippen molar-refractivity contribution < 1.29 is 4.21 Å². The van der Waals surface area contributed by atoms with Crippen LogP contribution < -0.4 is 5.73 Å². The van der Waals surface area contributed by atoms with Gasteiger partial charge in [-0.3, -0.25) is 4.21 Å². The molecule has 1 unspecified atom stereocenters. The van der Waals surface area contributed by atoms with Gasteiger partial charge in [0.1, 0.15) is 0 Å². The van der Waals surface area contributed by atoms with Crippen molar-refractivity contribution >= 4 is 27.8 Å². The van der Waals surface area contributed by atoms with Crippen LogP contribution in [0.1, 0.15) is 11.1 Å². The summed E-state index contributed by atoms with van der Waals surface area (Å²) in [6.45, 7) is 1.93. The summed E-state index contributed by atoms with van der Waals surface area (Å²) in [6.07, 6.45) is 0. The lowest BCUT2D eigenvalue weighted by molar-refractivity contribution is 0.682. The van der Waals surface area contributed by atoms with E-state index >= 15 is 0 Å². The number of thiophene rings is 1. The molecule has 1 atom stereocenters. The Morgan fingerprint density at radius 1 is 1.38 bits per heavy atom. The van der Waals surface area contributed by atoms with Crippen molar-refractivity contribution in [2.24, 2.45) is 0 Å². The molecular weight excluding hydrogens is 238 g/mol. The van der Waals surface area contributed by atoms with E-state index in [0.29, 0.717) is 5.75 Å². The third-order valence-corrected chi connectivity index (χ3v) is 4.49. The molecule has 1 aromatic heterocycles. The lowest BCUT2D eigenvalue weighted by Crippen LogP contribution is -1.97.